The van der Waals surface area contributed by atoms with Crippen LogP contribution in [0.1, 0.15) is 12.8 Å². The number of thioether (sulfide) groups is 1. The van der Waals surface area contributed by atoms with Gasteiger partial charge < -0.3 is 5.73 Å². The van der Waals surface area contributed by atoms with Crippen molar-refractivity contribution >= 4 is 50.7 Å². The van der Waals surface area contributed by atoms with E-state index in [1.54, 1.807) is 11.8 Å². The normalized spacial score (nSPS) is 11.7. The lowest BCUT2D eigenvalue weighted by molar-refractivity contribution is 0.579. The monoisotopic (exact) mass is 342 g/mol. The Morgan fingerprint density at radius 2 is 2.00 bits per heavy atom. The number of hydrogen-bond acceptors (Lipinski definition) is 4. The lowest BCUT2D eigenvalue weighted by Crippen LogP contribution is -2.26. The van der Waals surface area contributed by atoms with Crippen LogP contribution in [0.25, 0.3) is 0 Å². The van der Waals surface area contributed by atoms with E-state index in [2.05, 4.69) is 4.72 Å². The Kier molecular flexibility index (Phi) is 6.76. The van der Waals surface area contributed by atoms with Crippen LogP contribution < -0.4 is 10.5 Å². The second-order valence-electron chi connectivity index (χ2n) is 3.90. The van der Waals surface area contributed by atoms with Gasteiger partial charge in [0.15, 0.2) is 0 Å². The smallest absolute Gasteiger partial charge is 0.244 e. The first-order chi connectivity index (χ1) is 8.88. The van der Waals surface area contributed by atoms with Crippen LogP contribution in [0.3, 0.4) is 0 Å². The summed E-state index contributed by atoms with van der Waals surface area (Å²) < 4.78 is 26.7. The lowest BCUT2D eigenvalue weighted by atomic mass is 10.3. The first kappa shape index (κ1) is 16.9. The number of nitrogen functional groups attached to an aromatic ring is 1. The summed E-state index contributed by atoms with van der Waals surface area (Å²) in [6.07, 6.45) is 3.73. The molecule has 0 aromatic heterocycles. The molecule has 0 aliphatic carbocycles. The number of nitrogens with one attached hydrogen (secondary N) is 1. The molecule has 0 saturated heterocycles. The molecular weight excluding hydrogens is 327 g/mol. The highest BCUT2D eigenvalue weighted by atomic mass is 35.5. The molecule has 0 spiro atoms. The highest BCUT2D eigenvalue weighted by molar-refractivity contribution is 7.98. The van der Waals surface area contributed by atoms with Gasteiger partial charge in [0.1, 0.15) is 4.90 Å². The van der Waals surface area contributed by atoms with E-state index in [0.29, 0.717) is 11.6 Å². The SMILES string of the molecule is CSCCCCNS(=O)(=O)c1c(N)cc(Cl)cc1Cl. The zero-order chi connectivity index (χ0) is 14.5. The molecule has 8 heteroatoms. The molecule has 0 amide bonds. The van der Waals surface area contributed by atoms with Crippen LogP contribution in [0.5, 0.6) is 0 Å². The van der Waals surface area contributed by atoms with Gasteiger partial charge in [-0.05, 0) is 37.0 Å². The van der Waals surface area contributed by atoms with Gasteiger partial charge in [0, 0.05) is 11.6 Å². The summed E-state index contributed by atoms with van der Waals surface area (Å²) in [5.41, 5.74) is 5.72. The molecule has 19 heavy (non-hydrogen) atoms. The number of rotatable bonds is 7. The van der Waals surface area contributed by atoms with Gasteiger partial charge in [0.2, 0.25) is 10.0 Å². The van der Waals surface area contributed by atoms with Crippen molar-refractivity contribution in [1.29, 1.82) is 0 Å². The van der Waals surface area contributed by atoms with Crippen LogP contribution in [0, 0.1) is 0 Å². The Bertz CT molecular complexity index is 512. The van der Waals surface area contributed by atoms with Crippen LogP contribution in [0.4, 0.5) is 5.69 Å². The van der Waals surface area contributed by atoms with Gasteiger partial charge in [0.05, 0.1) is 10.7 Å². The fraction of sp³-hybridized carbons (Fsp3) is 0.455. The Balaban J connectivity index is 2.78. The molecule has 0 bridgehead atoms. The molecule has 1 rings (SSSR count). The van der Waals surface area contributed by atoms with Crippen LogP contribution in [0.2, 0.25) is 10.0 Å². The second-order valence-corrected chi connectivity index (χ2v) is 7.44. The van der Waals surface area contributed by atoms with Crippen molar-refractivity contribution in [2.24, 2.45) is 0 Å². The van der Waals surface area contributed by atoms with Crippen molar-refractivity contribution in [3.05, 3.63) is 22.2 Å². The minimum atomic E-state index is -3.70. The van der Waals surface area contributed by atoms with E-state index >= 15 is 0 Å². The van der Waals surface area contributed by atoms with Crippen molar-refractivity contribution in [2.45, 2.75) is 17.7 Å². The third-order valence-corrected chi connectivity index (χ3v) is 5.28. The molecule has 0 aliphatic rings. The molecule has 1 aromatic rings. The summed E-state index contributed by atoms with van der Waals surface area (Å²) in [4.78, 5) is -0.108. The Morgan fingerprint density at radius 3 is 2.58 bits per heavy atom. The lowest BCUT2D eigenvalue weighted by Gasteiger charge is -2.11. The zero-order valence-corrected chi connectivity index (χ0v) is 13.6. The predicted molar refractivity (Wildman–Crippen MR) is 83.7 cm³/mol. The average molecular weight is 343 g/mol. The highest BCUT2D eigenvalue weighted by Crippen LogP contribution is 2.30. The number of nitrogens with two attached hydrogens (primary N) is 1. The van der Waals surface area contributed by atoms with Crippen LogP contribution in [-0.4, -0.2) is 27.0 Å². The van der Waals surface area contributed by atoms with Gasteiger partial charge in [-0.25, -0.2) is 13.1 Å². The summed E-state index contributed by atoms with van der Waals surface area (Å²) >= 11 is 13.4. The predicted octanol–water partition coefficient (Wildman–Crippen LogP) is 3.00. The third-order valence-electron chi connectivity index (χ3n) is 2.37. The molecule has 0 radical (unpaired) electrons. The zero-order valence-electron chi connectivity index (χ0n) is 10.4. The maximum atomic E-state index is 12.1. The Morgan fingerprint density at radius 1 is 1.32 bits per heavy atom. The number of halogens is 2. The molecule has 0 atom stereocenters. The average Bonchev–Trinajstić information content (AvgIpc) is 2.26. The molecular formula is C11H16Cl2N2O2S2. The summed E-state index contributed by atoms with van der Waals surface area (Å²) in [6, 6.07) is 2.73. The third kappa shape index (κ3) is 5.04. The molecule has 0 fully saturated rings. The Labute approximate surface area is 128 Å². The molecule has 0 saturated carbocycles. The van der Waals surface area contributed by atoms with Gasteiger partial charge >= 0.3 is 0 Å². The van der Waals surface area contributed by atoms with Crippen LogP contribution >= 0.6 is 35.0 Å². The number of benzene rings is 1. The van der Waals surface area contributed by atoms with Gasteiger partial charge in [-0.3, -0.25) is 0 Å². The van der Waals surface area contributed by atoms with E-state index in [1.165, 1.54) is 12.1 Å². The van der Waals surface area contributed by atoms with Crippen molar-refractivity contribution in [3.63, 3.8) is 0 Å². The van der Waals surface area contributed by atoms with Gasteiger partial charge in [-0.2, -0.15) is 11.8 Å². The van der Waals surface area contributed by atoms with Gasteiger partial charge in [0.25, 0.3) is 0 Å². The summed E-state index contributed by atoms with van der Waals surface area (Å²) in [6.45, 7) is 0.362. The van der Waals surface area contributed by atoms with Crippen molar-refractivity contribution in [2.75, 3.05) is 24.3 Å². The van der Waals surface area contributed by atoms with Crippen molar-refractivity contribution in [3.8, 4) is 0 Å². The minimum Gasteiger partial charge on any atom is -0.398 e. The fourth-order valence-corrected chi connectivity index (χ4v) is 4.06. The Hall–Kier alpha value is -0.140. The first-order valence-electron chi connectivity index (χ1n) is 5.61. The quantitative estimate of drug-likeness (QED) is 0.590. The first-order valence-corrected chi connectivity index (χ1v) is 9.25. The van der Waals surface area contributed by atoms with Crippen LogP contribution in [-0.2, 0) is 10.0 Å². The molecule has 0 unspecified atom stereocenters. The summed E-state index contributed by atoms with van der Waals surface area (Å²) in [5, 5.41) is 0.336. The standard InChI is InChI=1S/C11H16Cl2N2O2S2/c1-18-5-3-2-4-15-19(16,17)11-9(13)6-8(12)7-10(11)14/h6-7,15H,2-5,14H2,1H3. The van der Waals surface area contributed by atoms with E-state index in [0.717, 1.165) is 18.6 Å². The highest BCUT2D eigenvalue weighted by Gasteiger charge is 2.21. The number of hydrogen-bond donors (Lipinski definition) is 2. The molecule has 108 valence electrons. The second kappa shape index (κ2) is 7.59. The molecule has 0 heterocycles. The molecule has 0 aliphatic heterocycles. The van der Waals surface area contributed by atoms with Crippen LogP contribution in [0.15, 0.2) is 17.0 Å². The maximum absolute atomic E-state index is 12.1. The summed E-state index contributed by atoms with van der Waals surface area (Å²) in [7, 11) is -3.70. The van der Waals surface area contributed by atoms with Crippen molar-refractivity contribution < 1.29 is 8.42 Å². The molecule has 3 N–H and O–H groups in total. The minimum absolute atomic E-state index is 0.0293. The topological polar surface area (TPSA) is 72.2 Å². The van der Waals surface area contributed by atoms with Gasteiger partial charge in [-0.1, -0.05) is 23.2 Å². The van der Waals surface area contributed by atoms with E-state index < -0.39 is 10.0 Å². The van der Waals surface area contributed by atoms with E-state index in [1.807, 2.05) is 6.26 Å². The number of sulfonamides is 1. The van der Waals surface area contributed by atoms with E-state index in [-0.39, 0.29) is 15.6 Å². The number of unbranched alkanes of at least 4 members (excludes halogenated alkanes) is 1. The maximum Gasteiger partial charge on any atom is 0.244 e. The van der Waals surface area contributed by atoms with E-state index in [9.17, 15) is 8.42 Å². The largest absolute Gasteiger partial charge is 0.398 e. The molecule has 1 aromatic carbocycles. The number of anilines is 1. The summed E-state index contributed by atoms with van der Waals surface area (Å²) in [5.74, 6) is 1.01. The van der Waals surface area contributed by atoms with Gasteiger partial charge in [-0.15, -0.1) is 0 Å². The van der Waals surface area contributed by atoms with Crippen molar-refractivity contribution in [1.82, 2.24) is 4.72 Å². The van der Waals surface area contributed by atoms with E-state index in [4.69, 9.17) is 28.9 Å². The molecule has 4 nitrogen and oxygen atoms in total. The fourth-order valence-electron chi connectivity index (χ4n) is 1.51.